The second kappa shape index (κ2) is 5.56. The van der Waals surface area contributed by atoms with Crippen LogP contribution in [0.15, 0.2) is 53.6 Å². The van der Waals surface area contributed by atoms with Crippen LogP contribution < -0.4 is 4.72 Å². The summed E-state index contributed by atoms with van der Waals surface area (Å²) in [6.07, 6.45) is 1.37. The van der Waals surface area contributed by atoms with Gasteiger partial charge in [-0.1, -0.05) is 11.6 Å². The first kappa shape index (κ1) is 15.3. The highest BCUT2D eigenvalue weighted by Crippen LogP contribution is 2.27. The Morgan fingerprint density at radius 2 is 1.83 bits per heavy atom. The maximum Gasteiger partial charge on any atom is 0.269 e. The van der Waals surface area contributed by atoms with Gasteiger partial charge in [0, 0.05) is 39.9 Å². The van der Waals surface area contributed by atoms with Crippen LogP contribution in [0.4, 0.5) is 11.4 Å². The van der Waals surface area contributed by atoms with Crippen molar-refractivity contribution in [3.8, 4) is 0 Å². The van der Waals surface area contributed by atoms with E-state index in [1.807, 2.05) is 0 Å². The summed E-state index contributed by atoms with van der Waals surface area (Å²) < 4.78 is 27.4. The molecule has 118 valence electrons. The summed E-state index contributed by atoms with van der Waals surface area (Å²) in [6, 6.07) is 9.96. The summed E-state index contributed by atoms with van der Waals surface area (Å²) >= 11 is 5.87. The lowest BCUT2D eigenvalue weighted by molar-refractivity contribution is -0.384. The minimum Gasteiger partial charge on any atom is -0.360 e. The first-order chi connectivity index (χ1) is 10.9. The molecule has 0 aliphatic rings. The molecular formula is C14H10ClN3O4S. The number of sulfonamides is 1. The van der Waals surface area contributed by atoms with Crippen molar-refractivity contribution in [1.29, 1.82) is 0 Å². The molecule has 3 rings (SSSR count). The molecule has 0 fully saturated rings. The van der Waals surface area contributed by atoms with E-state index in [9.17, 15) is 18.5 Å². The van der Waals surface area contributed by atoms with Gasteiger partial charge >= 0.3 is 0 Å². The summed E-state index contributed by atoms with van der Waals surface area (Å²) in [4.78, 5) is 13.0. The van der Waals surface area contributed by atoms with E-state index in [1.54, 1.807) is 18.2 Å². The molecule has 0 spiro atoms. The van der Waals surface area contributed by atoms with Crippen LogP contribution in [0.1, 0.15) is 0 Å². The van der Waals surface area contributed by atoms with E-state index in [0.29, 0.717) is 15.9 Å². The average Bonchev–Trinajstić information content (AvgIpc) is 2.91. The number of nitrogens with zero attached hydrogens (tertiary/aromatic N) is 1. The lowest BCUT2D eigenvalue weighted by Crippen LogP contribution is -2.12. The van der Waals surface area contributed by atoms with Gasteiger partial charge in [0.15, 0.2) is 0 Å². The summed E-state index contributed by atoms with van der Waals surface area (Å²) in [5, 5.41) is 11.6. The minimum atomic E-state index is -3.84. The number of nitro benzene ring substituents is 1. The van der Waals surface area contributed by atoms with Crippen molar-refractivity contribution in [2.24, 2.45) is 0 Å². The molecule has 0 unspecified atom stereocenters. The third kappa shape index (κ3) is 2.99. The van der Waals surface area contributed by atoms with Crippen LogP contribution in [0.3, 0.4) is 0 Å². The smallest absolute Gasteiger partial charge is 0.269 e. The van der Waals surface area contributed by atoms with E-state index < -0.39 is 14.9 Å². The highest BCUT2D eigenvalue weighted by Gasteiger charge is 2.19. The summed E-state index contributed by atoms with van der Waals surface area (Å²) in [7, 11) is -3.84. The molecule has 0 radical (unpaired) electrons. The van der Waals surface area contributed by atoms with Gasteiger partial charge in [-0.3, -0.25) is 14.8 Å². The predicted molar refractivity (Wildman–Crippen MR) is 87.2 cm³/mol. The zero-order valence-corrected chi connectivity index (χ0v) is 13.1. The maximum absolute atomic E-state index is 12.5. The van der Waals surface area contributed by atoms with Crippen LogP contribution in [0.2, 0.25) is 5.02 Å². The summed E-state index contributed by atoms with van der Waals surface area (Å²) in [6.45, 7) is 0. The van der Waals surface area contributed by atoms with E-state index in [-0.39, 0.29) is 16.3 Å². The number of nitro groups is 1. The number of non-ortho nitro benzene ring substituents is 1. The quantitative estimate of drug-likeness (QED) is 0.554. The molecule has 1 heterocycles. The molecule has 7 nitrogen and oxygen atoms in total. The van der Waals surface area contributed by atoms with Crippen LogP contribution in [-0.4, -0.2) is 18.3 Å². The Balaban J connectivity index is 1.95. The fraction of sp³-hybridized carbons (Fsp3) is 0. The number of benzene rings is 2. The van der Waals surface area contributed by atoms with Gasteiger partial charge in [0.1, 0.15) is 4.90 Å². The van der Waals surface area contributed by atoms with Crippen LogP contribution in [-0.2, 0) is 10.0 Å². The average molecular weight is 352 g/mol. The largest absolute Gasteiger partial charge is 0.360 e. The Morgan fingerprint density at radius 3 is 2.48 bits per heavy atom. The first-order valence-corrected chi connectivity index (χ1v) is 8.27. The van der Waals surface area contributed by atoms with Crippen molar-refractivity contribution in [2.45, 2.75) is 4.90 Å². The molecule has 0 aliphatic carbocycles. The number of anilines is 1. The first-order valence-electron chi connectivity index (χ1n) is 6.41. The molecule has 3 aromatic rings. The number of halogens is 1. The lowest BCUT2D eigenvalue weighted by atomic mass is 10.2. The molecule has 2 aromatic carbocycles. The standard InChI is InChI=1S/C14H10ClN3O4S/c15-9-1-6-12-13(7-9)16-8-14(12)23(21,22)17-10-2-4-11(5-3-10)18(19)20/h1-8,16-17H. The number of aromatic nitrogens is 1. The van der Waals surface area contributed by atoms with Crippen LogP contribution in [0, 0.1) is 10.1 Å². The fourth-order valence-electron chi connectivity index (χ4n) is 2.16. The fourth-order valence-corrected chi connectivity index (χ4v) is 3.57. The van der Waals surface area contributed by atoms with E-state index in [0.717, 1.165) is 0 Å². The monoisotopic (exact) mass is 351 g/mol. The molecule has 23 heavy (non-hydrogen) atoms. The molecule has 2 N–H and O–H groups in total. The van der Waals surface area contributed by atoms with Gasteiger partial charge in [0.25, 0.3) is 15.7 Å². The topological polar surface area (TPSA) is 105 Å². The summed E-state index contributed by atoms with van der Waals surface area (Å²) in [5.41, 5.74) is 0.718. The highest BCUT2D eigenvalue weighted by molar-refractivity contribution is 7.93. The number of rotatable bonds is 4. The number of H-pyrrole nitrogens is 1. The zero-order valence-electron chi connectivity index (χ0n) is 11.5. The van der Waals surface area contributed by atoms with Gasteiger partial charge in [-0.25, -0.2) is 8.42 Å². The molecule has 0 atom stereocenters. The molecule has 0 amide bonds. The van der Waals surface area contributed by atoms with E-state index in [1.165, 1.54) is 30.5 Å². The SMILES string of the molecule is O=[N+]([O-])c1ccc(NS(=O)(=O)c2c[nH]c3cc(Cl)ccc23)cc1. The van der Waals surface area contributed by atoms with Crippen molar-refractivity contribution < 1.29 is 13.3 Å². The van der Waals surface area contributed by atoms with Crippen molar-refractivity contribution in [3.05, 3.63) is 63.8 Å². The molecule has 0 saturated carbocycles. The van der Waals surface area contributed by atoms with Gasteiger partial charge in [0.05, 0.1) is 4.92 Å². The van der Waals surface area contributed by atoms with Crippen molar-refractivity contribution in [3.63, 3.8) is 0 Å². The summed E-state index contributed by atoms with van der Waals surface area (Å²) in [5.74, 6) is 0. The Bertz CT molecular complexity index is 997. The molecule has 0 saturated heterocycles. The Labute approximate surface area is 136 Å². The zero-order chi connectivity index (χ0) is 16.6. The van der Waals surface area contributed by atoms with Gasteiger partial charge in [-0.15, -0.1) is 0 Å². The molecule has 0 bridgehead atoms. The van der Waals surface area contributed by atoms with E-state index >= 15 is 0 Å². The van der Waals surface area contributed by atoms with E-state index in [2.05, 4.69) is 9.71 Å². The van der Waals surface area contributed by atoms with Crippen LogP contribution in [0.5, 0.6) is 0 Å². The third-order valence-electron chi connectivity index (χ3n) is 3.23. The molecule has 0 aliphatic heterocycles. The minimum absolute atomic E-state index is 0.0718. The number of nitrogens with one attached hydrogen (secondary N) is 2. The van der Waals surface area contributed by atoms with E-state index in [4.69, 9.17) is 11.6 Å². The Morgan fingerprint density at radius 1 is 1.13 bits per heavy atom. The Kier molecular flexibility index (Phi) is 3.70. The predicted octanol–water partition coefficient (Wildman–Crippen LogP) is 3.53. The van der Waals surface area contributed by atoms with Crippen molar-refractivity contribution >= 4 is 43.9 Å². The van der Waals surface area contributed by atoms with Gasteiger partial charge in [0.2, 0.25) is 0 Å². The van der Waals surface area contributed by atoms with Crippen molar-refractivity contribution in [2.75, 3.05) is 4.72 Å². The third-order valence-corrected chi connectivity index (χ3v) is 4.88. The Hall–Kier alpha value is -2.58. The van der Waals surface area contributed by atoms with Crippen LogP contribution >= 0.6 is 11.6 Å². The molecular weight excluding hydrogens is 342 g/mol. The second-order valence-electron chi connectivity index (χ2n) is 4.75. The number of hydrogen-bond acceptors (Lipinski definition) is 4. The van der Waals surface area contributed by atoms with Crippen molar-refractivity contribution in [1.82, 2.24) is 4.98 Å². The normalized spacial score (nSPS) is 11.5. The van der Waals surface area contributed by atoms with Crippen LogP contribution in [0.25, 0.3) is 10.9 Å². The number of fused-ring (bicyclic) bond motifs is 1. The lowest BCUT2D eigenvalue weighted by Gasteiger charge is -2.07. The second-order valence-corrected chi connectivity index (χ2v) is 6.84. The van der Waals surface area contributed by atoms with Gasteiger partial charge in [-0.2, -0.15) is 0 Å². The molecule has 9 heteroatoms. The number of aromatic amines is 1. The van der Waals surface area contributed by atoms with Gasteiger partial charge < -0.3 is 4.98 Å². The highest BCUT2D eigenvalue weighted by atomic mass is 35.5. The maximum atomic E-state index is 12.5. The van der Waals surface area contributed by atoms with Gasteiger partial charge in [-0.05, 0) is 30.3 Å². The molecule has 1 aromatic heterocycles. The number of hydrogen-bond donors (Lipinski definition) is 2.